The Morgan fingerprint density at radius 1 is 1.18 bits per heavy atom. The van der Waals surface area contributed by atoms with Crippen LogP contribution in [0.5, 0.6) is 0 Å². The number of benzene rings is 1. The normalized spacial score (nSPS) is 16.5. The van der Waals surface area contributed by atoms with Crippen LogP contribution in [0.1, 0.15) is 31.7 Å². The van der Waals surface area contributed by atoms with Crippen LogP contribution in [0.25, 0.3) is 11.4 Å². The van der Waals surface area contributed by atoms with Gasteiger partial charge in [0, 0.05) is 38.2 Å². The average Bonchev–Trinajstić information content (AvgIpc) is 3.17. The van der Waals surface area contributed by atoms with E-state index >= 15 is 0 Å². The van der Waals surface area contributed by atoms with E-state index in [-0.39, 0.29) is 11.8 Å². The maximum atomic E-state index is 12.3. The SMILES string of the molecule is Cc1ccc(-c2noc(CCCN3CCN(C(=O)[C@@H](N)C(C)C)CC3)n2)cc1. The number of carbonyl (C=O) groups excluding carboxylic acids is 1. The van der Waals surface area contributed by atoms with Gasteiger partial charge < -0.3 is 15.2 Å². The molecule has 7 nitrogen and oxygen atoms in total. The van der Waals surface area contributed by atoms with Gasteiger partial charge in [-0.1, -0.05) is 48.8 Å². The molecular weight excluding hydrogens is 354 g/mol. The van der Waals surface area contributed by atoms with Crippen LogP contribution in [0.2, 0.25) is 0 Å². The molecule has 0 spiro atoms. The predicted octanol–water partition coefficient (Wildman–Crippen LogP) is 2.11. The number of hydrogen-bond acceptors (Lipinski definition) is 6. The number of nitrogens with two attached hydrogens (primary N) is 1. The maximum absolute atomic E-state index is 12.3. The van der Waals surface area contributed by atoms with Crippen LogP contribution in [-0.2, 0) is 11.2 Å². The molecule has 7 heteroatoms. The third-order valence-corrected chi connectivity index (χ3v) is 5.33. The summed E-state index contributed by atoms with van der Waals surface area (Å²) in [6.07, 6.45) is 1.71. The number of nitrogens with zero attached hydrogens (tertiary/aromatic N) is 4. The van der Waals surface area contributed by atoms with Crippen LogP contribution in [0.15, 0.2) is 28.8 Å². The number of hydrogen-bond donors (Lipinski definition) is 1. The molecule has 2 heterocycles. The Hall–Kier alpha value is -2.25. The van der Waals surface area contributed by atoms with Crippen LogP contribution in [0, 0.1) is 12.8 Å². The van der Waals surface area contributed by atoms with Crippen molar-refractivity contribution in [2.75, 3.05) is 32.7 Å². The second kappa shape index (κ2) is 9.30. The van der Waals surface area contributed by atoms with Crippen molar-refractivity contribution in [3.8, 4) is 11.4 Å². The van der Waals surface area contributed by atoms with Crippen molar-refractivity contribution in [3.05, 3.63) is 35.7 Å². The Morgan fingerprint density at radius 3 is 2.50 bits per heavy atom. The molecular formula is C21H31N5O2. The van der Waals surface area contributed by atoms with Gasteiger partial charge >= 0.3 is 0 Å². The number of aryl methyl sites for hydroxylation is 2. The Balaban J connectivity index is 1.41. The highest BCUT2D eigenvalue weighted by atomic mass is 16.5. The van der Waals surface area contributed by atoms with Crippen molar-refractivity contribution in [3.63, 3.8) is 0 Å². The number of amides is 1. The molecule has 2 N–H and O–H groups in total. The van der Waals surface area contributed by atoms with Crippen molar-refractivity contribution in [2.45, 2.75) is 39.7 Å². The van der Waals surface area contributed by atoms with Gasteiger partial charge in [-0.25, -0.2) is 0 Å². The Morgan fingerprint density at radius 2 is 1.86 bits per heavy atom. The van der Waals surface area contributed by atoms with E-state index in [1.165, 1.54) is 5.56 Å². The van der Waals surface area contributed by atoms with E-state index in [4.69, 9.17) is 10.3 Å². The number of piperazine rings is 1. The van der Waals surface area contributed by atoms with E-state index in [2.05, 4.69) is 22.0 Å². The Kier molecular flexibility index (Phi) is 6.80. The molecule has 1 aliphatic rings. The van der Waals surface area contributed by atoms with Crippen molar-refractivity contribution >= 4 is 5.91 Å². The third-order valence-electron chi connectivity index (χ3n) is 5.33. The number of rotatable bonds is 7. The largest absolute Gasteiger partial charge is 0.339 e. The van der Waals surface area contributed by atoms with Crippen LogP contribution >= 0.6 is 0 Å². The molecule has 28 heavy (non-hydrogen) atoms. The molecule has 1 fully saturated rings. The van der Waals surface area contributed by atoms with Crippen LogP contribution in [0.3, 0.4) is 0 Å². The fourth-order valence-electron chi connectivity index (χ4n) is 3.32. The van der Waals surface area contributed by atoms with E-state index < -0.39 is 6.04 Å². The fraction of sp³-hybridized carbons (Fsp3) is 0.571. The molecule has 0 saturated carbocycles. The van der Waals surface area contributed by atoms with Gasteiger partial charge in [0.2, 0.25) is 17.6 Å². The number of carbonyl (C=O) groups is 1. The average molecular weight is 386 g/mol. The molecule has 2 aromatic rings. The quantitative estimate of drug-likeness (QED) is 0.785. The third kappa shape index (κ3) is 5.17. The molecule has 1 atom stereocenters. The first kappa shape index (κ1) is 20.5. The monoisotopic (exact) mass is 385 g/mol. The van der Waals surface area contributed by atoms with E-state index in [1.54, 1.807) is 0 Å². The van der Waals surface area contributed by atoms with E-state index in [0.717, 1.165) is 51.1 Å². The second-order valence-electron chi connectivity index (χ2n) is 7.92. The summed E-state index contributed by atoms with van der Waals surface area (Å²) in [5.41, 5.74) is 8.18. The van der Waals surface area contributed by atoms with Gasteiger partial charge in [0.05, 0.1) is 6.04 Å². The highest BCUT2D eigenvalue weighted by Crippen LogP contribution is 2.17. The molecule has 1 aromatic heterocycles. The molecule has 1 aliphatic heterocycles. The lowest BCUT2D eigenvalue weighted by molar-refractivity contribution is -0.135. The molecule has 1 amide bonds. The van der Waals surface area contributed by atoms with Crippen molar-refractivity contribution in [1.29, 1.82) is 0 Å². The smallest absolute Gasteiger partial charge is 0.239 e. The molecule has 1 aromatic carbocycles. The highest BCUT2D eigenvalue weighted by molar-refractivity contribution is 5.82. The van der Waals surface area contributed by atoms with Crippen molar-refractivity contribution in [2.24, 2.45) is 11.7 Å². The van der Waals surface area contributed by atoms with Crippen molar-refractivity contribution < 1.29 is 9.32 Å². The van der Waals surface area contributed by atoms with Gasteiger partial charge in [0.25, 0.3) is 0 Å². The summed E-state index contributed by atoms with van der Waals surface area (Å²) in [6, 6.07) is 7.71. The molecule has 0 radical (unpaired) electrons. The Labute approximate surface area is 166 Å². The van der Waals surface area contributed by atoms with E-state index in [9.17, 15) is 4.79 Å². The molecule has 1 saturated heterocycles. The van der Waals surface area contributed by atoms with Gasteiger partial charge in [0.15, 0.2) is 0 Å². The lowest BCUT2D eigenvalue weighted by Gasteiger charge is -2.36. The van der Waals surface area contributed by atoms with Gasteiger partial charge in [-0.05, 0) is 25.8 Å². The minimum Gasteiger partial charge on any atom is -0.339 e. The predicted molar refractivity (Wildman–Crippen MR) is 109 cm³/mol. The molecule has 0 aliphatic carbocycles. The zero-order valence-electron chi connectivity index (χ0n) is 17.1. The molecule has 152 valence electrons. The second-order valence-corrected chi connectivity index (χ2v) is 7.92. The van der Waals surface area contributed by atoms with Gasteiger partial charge in [-0.15, -0.1) is 0 Å². The lowest BCUT2D eigenvalue weighted by Crippen LogP contribution is -2.54. The van der Waals surface area contributed by atoms with Gasteiger partial charge in [-0.3, -0.25) is 9.69 Å². The summed E-state index contributed by atoms with van der Waals surface area (Å²) < 4.78 is 5.39. The Bertz CT molecular complexity index is 763. The summed E-state index contributed by atoms with van der Waals surface area (Å²) >= 11 is 0. The zero-order valence-corrected chi connectivity index (χ0v) is 17.1. The highest BCUT2D eigenvalue weighted by Gasteiger charge is 2.26. The van der Waals surface area contributed by atoms with Gasteiger partial charge in [-0.2, -0.15) is 4.98 Å². The standard InChI is InChI=1S/C21H31N5O2/c1-15(2)19(22)21(27)26-13-11-25(12-14-26)10-4-5-18-23-20(24-28-18)17-8-6-16(3)7-9-17/h6-9,15,19H,4-5,10-14,22H2,1-3H3/t19-/m0/s1. The topological polar surface area (TPSA) is 88.5 Å². The maximum Gasteiger partial charge on any atom is 0.239 e. The molecule has 3 rings (SSSR count). The first-order valence-corrected chi connectivity index (χ1v) is 10.1. The van der Waals surface area contributed by atoms with Crippen molar-refractivity contribution in [1.82, 2.24) is 19.9 Å². The minimum atomic E-state index is -0.396. The summed E-state index contributed by atoms with van der Waals surface area (Å²) in [6.45, 7) is 10.3. The summed E-state index contributed by atoms with van der Waals surface area (Å²) in [7, 11) is 0. The molecule has 0 bridgehead atoms. The lowest BCUT2D eigenvalue weighted by atomic mass is 10.0. The van der Waals surface area contributed by atoms with Gasteiger partial charge in [0.1, 0.15) is 0 Å². The summed E-state index contributed by atoms with van der Waals surface area (Å²) in [5, 5.41) is 4.09. The number of aromatic nitrogens is 2. The van der Waals surface area contributed by atoms with Crippen LogP contribution < -0.4 is 5.73 Å². The van der Waals surface area contributed by atoms with E-state index in [1.807, 2.05) is 43.0 Å². The zero-order chi connectivity index (χ0) is 20.1. The fourth-order valence-corrected chi connectivity index (χ4v) is 3.32. The van der Waals surface area contributed by atoms with Crippen LogP contribution in [0.4, 0.5) is 0 Å². The minimum absolute atomic E-state index is 0.0733. The van der Waals surface area contributed by atoms with E-state index in [0.29, 0.717) is 11.7 Å². The molecule has 0 unspecified atom stereocenters. The summed E-state index contributed by atoms with van der Waals surface area (Å²) in [4.78, 5) is 21.1. The first-order chi connectivity index (χ1) is 13.4. The van der Waals surface area contributed by atoms with Crippen LogP contribution in [-0.4, -0.2) is 64.6 Å². The summed E-state index contributed by atoms with van der Waals surface area (Å²) in [5.74, 6) is 1.56. The first-order valence-electron chi connectivity index (χ1n) is 10.1.